The number of carbonyl (C=O) groups excluding carboxylic acids is 3. The highest BCUT2D eigenvalue weighted by molar-refractivity contribution is 5.69. The van der Waals surface area contributed by atoms with E-state index in [0.29, 0.717) is 44.1 Å². The Balaban J connectivity index is -0.000000957. The number of carbonyl (C=O) groups is 3. The van der Waals surface area contributed by atoms with Crippen LogP contribution in [0, 0.1) is 5.92 Å². The first kappa shape index (κ1) is 75.2. The summed E-state index contributed by atoms with van der Waals surface area (Å²) in [5.41, 5.74) is 0. The first-order valence-corrected chi connectivity index (χ1v) is 30.9. The van der Waals surface area contributed by atoms with Gasteiger partial charge >= 0.3 is 17.9 Å². The van der Waals surface area contributed by atoms with Crippen molar-refractivity contribution < 1.29 is 48.3 Å². The van der Waals surface area contributed by atoms with E-state index in [1.807, 2.05) is 7.11 Å². The molecule has 0 aromatic rings. The Hall–Kier alpha value is -2.01. The second-order valence-electron chi connectivity index (χ2n) is 21.0. The molecule has 1 heterocycles. The van der Waals surface area contributed by atoms with Crippen LogP contribution in [0.15, 0.2) is 12.2 Å². The van der Waals surface area contributed by atoms with Crippen LogP contribution in [0.3, 0.4) is 0 Å². The maximum absolute atomic E-state index is 11.0. The summed E-state index contributed by atoms with van der Waals surface area (Å²) in [6.07, 6.45) is 54.9. The molecule has 0 amide bonds. The number of hydrogen-bond acceptors (Lipinski definition) is 10. The van der Waals surface area contributed by atoms with Gasteiger partial charge in [0.2, 0.25) is 0 Å². The molecule has 4 atom stereocenters. The molecule has 10 nitrogen and oxygen atoms in total. The predicted octanol–water partition coefficient (Wildman–Crippen LogP) is 17.6. The quantitative estimate of drug-likeness (QED) is 0.0262. The first-order chi connectivity index (χ1) is 35.6. The monoisotopic (exact) mass is 1040 g/mol. The van der Waals surface area contributed by atoms with Crippen molar-refractivity contribution in [2.24, 2.45) is 5.92 Å². The van der Waals surface area contributed by atoms with Crippen molar-refractivity contribution in [1.82, 2.24) is 0 Å². The number of rotatable bonds is 48. The van der Waals surface area contributed by atoms with E-state index in [4.69, 9.17) is 9.47 Å². The van der Waals surface area contributed by atoms with Gasteiger partial charge in [0, 0.05) is 39.6 Å². The molecule has 4 unspecified atom stereocenters. The highest BCUT2D eigenvalue weighted by Gasteiger charge is 2.17. The largest absolute Gasteiger partial charge is 0.469 e. The molecule has 436 valence electrons. The SMILES string of the molecule is C1CCOC1.CCCCCCCC/C=C\CCCCCCCC(=O)OC.CCCCCCCCC(C)C(CCCCCCCC(=O)OC)OC.CCCCCCCCC(O)C(O)CCCCCCCC(=O)OC. The molecule has 0 aromatic heterocycles. The lowest BCUT2D eigenvalue weighted by Gasteiger charge is -2.22. The van der Waals surface area contributed by atoms with Gasteiger partial charge in [0.05, 0.1) is 39.6 Å². The Morgan fingerprint density at radius 3 is 1.00 bits per heavy atom. The van der Waals surface area contributed by atoms with Crippen LogP contribution in [-0.4, -0.2) is 88.1 Å². The van der Waals surface area contributed by atoms with Gasteiger partial charge in [-0.3, -0.25) is 14.4 Å². The van der Waals surface area contributed by atoms with Crippen LogP contribution in [-0.2, 0) is 38.1 Å². The minimum atomic E-state index is -0.583. The fourth-order valence-corrected chi connectivity index (χ4v) is 9.04. The molecule has 1 aliphatic heterocycles. The number of allylic oxidation sites excluding steroid dienone is 2. The molecule has 1 saturated heterocycles. The van der Waals surface area contributed by atoms with E-state index >= 15 is 0 Å². The average molecular weight is 1040 g/mol. The molecule has 0 aromatic carbocycles. The van der Waals surface area contributed by atoms with Crippen LogP contribution in [0.25, 0.3) is 0 Å². The van der Waals surface area contributed by atoms with Crippen molar-refractivity contribution in [1.29, 1.82) is 0 Å². The van der Waals surface area contributed by atoms with Gasteiger partial charge in [-0.2, -0.15) is 0 Å². The summed E-state index contributed by atoms with van der Waals surface area (Å²) in [5, 5.41) is 19.9. The van der Waals surface area contributed by atoms with Crippen LogP contribution < -0.4 is 0 Å². The molecule has 0 radical (unpaired) electrons. The summed E-state index contributed by atoms with van der Waals surface area (Å²) in [4.78, 5) is 32.9. The van der Waals surface area contributed by atoms with Gasteiger partial charge < -0.3 is 33.9 Å². The van der Waals surface area contributed by atoms with Crippen molar-refractivity contribution in [3.8, 4) is 0 Å². The minimum Gasteiger partial charge on any atom is -0.469 e. The zero-order valence-electron chi connectivity index (χ0n) is 49.7. The zero-order chi connectivity index (χ0) is 54.5. The van der Waals surface area contributed by atoms with E-state index in [0.717, 1.165) is 83.8 Å². The molecular formula is C63H124O10. The van der Waals surface area contributed by atoms with Crippen molar-refractivity contribution in [3.05, 3.63) is 12.2 Å². The number of aliphatic hydroxyl groups is 2. The Kier molecular flexibility index (Phi) is 66.2. The fraction of sp³-hybridized carbons (Fsp3) is 0.921. The number of unbranched alkanes of at least 4 members (excludes halogenated alkanes) is 29. The summed E-state index contributed by atoms with van der Waals surface area (Å²) in [6.45, 7) is 11.1. The minimum absolute atomic E-state index is 0.0763. The van der Waals surface area contributed by atoms with Crippen molar-refractivity contribution in [3.63, 3.8) is 0 Å². The maximum Gasteiger partial charge on any atom is 0.305 e. The van der Waals surface area contributed by atoms with E-state index in [1.54, 1.807) is 0 Å². The van der Waals surface area contributed by atoms with E-state index in [9.17, 15) is 24.6 Å². The molecule has 0 spiro atoms. The third-order valence-electron chi connectivity index (χ3n) is 14.2. The number of aliphatic hydroxyl groups excluding tert-OH is 2. The van der Waals surface area contributed by atoms with Gasteiger partial charge in [0.1, 0.15) is 0 Å². The molecule has 0 aliphatic carbocycles. The Bertz CT molecular complexity index is 1120. The van der Waals surface area contributed by atoms with Crippen LogP contribution >= 0.6 is 0 Å². The second-order valence-corrected chi connectivity index (χ2v) is 21.0. The lowest BCUT2D eigenvalue weighted by molar-refractivity contribution is -0.141. The molecule has 0 saturated carbocycles. The summed E-state index contributed by atoms with van der Waals surface area (Å²) in [6, 6.07) is 0. The van der Waals surface area contributed by atoms with E-state index in [1.165, 1.54) is 201 Å². The third-order valence-corrected chi connectivity index (χ3v) is 14.2. The molecule has 2 N–H and O–H groups in total. The van der Waals surface area contributed by atoms with Gasteiger partial charge in [0.15, 0.2) is 0 Å². The van der Waals surface area contributed by atoms with Crippen molar-refractivity contribution in [2.45, 2.75) is 329 Å². The predicted molar refractivity (Wildman–Crippen MR) is 308 cm³/mol. The molecule has 1 fully saturated rings. The Morgan fingerprint density at radius 1 is 0.411 bits per heavy atom. The van der Waals surface area contributed by atoms with Crippen molar-refractivity contribution >= 4 is 17.9 Å². The molecule has 10 heteroatoms. The maximum atomic E-state index is 11.0. The molecule has 1 rings (SSSR count). The number of hydrogen-bond donors (Lipinski definition) is 2. The van der Waals surface area contributed by atoms with Gasteiger partial charge in [-0.05, 0) is 89.4 Å². The molecule has 0 bridgehead atoms. The topological polar surface area (TPSA) is 138 Å². The molecule has 1 aliphatic rings. The highest BCUT2D eigenvalue weighted by atomic mass is 16.5. The second kappa shape index (κ2) is 64.3. The lowest BCUT2D eigenvalue weighted by Crippen LogP contribution is -2.25. The third kappa shape index (κ3) is 62.4. The van der Waals surface area contributed by atoms with Crippen LogP contribution in [0.2, 0.25) is 0 Å². The van der Waals surface area contributed by atoms with Gasteiger partial charge in [-0.15, -0.1) is 0 Å². The zero-order valence-corrected chi connectivity index (χ0v) is 49.7. The fourth-order valence-electron chi connectivity index (χ4n) is 9.04. The highest BCUT2D eigenvalue weighted by Crippen LogP contribution is 2.22. The Morgan fingerprint density at radius 2 is 0.699 bits per heavy atom. The van der Waals surface area contributed by atoms with Crippen LogP contribution in [0.1, 0.15) is 310 Å². The van der Waals surface area contributed by atoms with Gasteiger partial charge in [0.25, 0.3) is 0 Å². The number of methoxy groups -OCH3 is 4. The van der Waals surface area contributed by atoms with Gasteiger partial charge in [-0.25, -0.2) is 0 Å². The van der Waals surface area contributed by atoms with Crippen LogP contribution in [0.5, 0.6) is 0 Å². The summed E-state index contributed by atoms with van der Waals surface area (Å²) in [5.74, 6) is 0.365. The molecular weight excluding hydrogens is 917 g/mol. The number of esters is 3. The van der Waals surface area contributed by atoms with E-state index in [2.05, 4.69) is 54.1 Å². The van der Waals surface area contributed by atoms with Crippen molar-refractivity contribution in [2.75, 3.05) is 41.7 Å². The standard InChI is InChI=1S/C21H42O3.C19H38O4.C19H36O2.C4H8O/c1-5-6-7-8-10-13-16-19(2)20(23-3)17-14-11-9-12-15-18-21(22)24-4;1-3-4-5-6-8-11-14-17(20)18(21)15-12-9-7-10-13-16-19(22)23-2;1-3-4-5-6-7-8-9-10-11-12-13-14-15-16-17-18-19(20)21-2;1-2-4-5-3-1/h19-20H,5-18H2,1-4H3;17-18,20-21H,3-16H2,1-2H3;10-11H,3-9,12-18H2,1-2H3;1-4H2/b;;11-10-;. The Labute approximate surface area is 452 Å². The smallest absolute Gasteiger partial charge is 0.305 e. The van der Waals surface area contributed by atoms with Crippen LogP contribution in [0.4, 0.5) is 0 Å². The van der Waals surface area contributed by atoms with E-state index in [-0.39, 0.29) is 17.9 Å². The molecule has 73 heavy (non-hydrogen) atoms. The summed E-state index contributed by atoms with van der Waals surface area (Å²) < 4.78 is 24.5. The number of ether oxygens (including phenoxy) is 5. The summed E-state index contributed by atoms with van der Waals surface area (Å²) in [7, 11) is 6.19. The van der Waals surface area contributed by atoms with Gasteiger partial charge in [-0.1, -0.05) is 220 Å². The summed E-state index contributed by atoms with van der Waals surface area (Å²) >= 11 is 0. The normalized spacial score (nSPS) is 13.7. The first-order valence-electron chi connectivity index (χ1n) is 30.9. The van der Waals surface area contributed by atoms with E-state index < -0.39 is 12.2 Å². The average Bonchev–Trinajstić information content (AvgIpc) is 4.01. The lowest BCUT2D eigenvalue weighted by atomic mass is 9.93.